The summed E-state index contributed by atoms with van der Waals surface area (Å²) in [7, 11) is 0. The minimum absolute atomic E-state index is 0.0281. The van der Waals surface area contributed by atoms with E-state index in [1.165, 1.54) is 6.42 Å². The fourth-order valence-electron chi connectivity index (χ4n) is 1.84. The Kier molecular flexibility index (Phi) is 4.58. The summed E-state index contributed by atoms with van der Waals surface area (Å²) in [6.45, 7) is 6.11. The molecule has 16 heavy (non-hydrogen) atoms. The van der Waals surface area contributed by atoms with Gasteiger partial charge in [-0.2, -0.15) is 0 Å². The van der Waals surface area contributed by atoms with Crippen LogP contribution in [0.1, 0.15) is 26.7 Å². The van der Waals surface area contributed by atoms with E-state index in [9.17, 15) is 4.79 Å². The fourth-order valence-corrected chi connectivity index (χ4v) is 1.84. The molecule has 0 aromatic heterocycles. The number of amides is 2. The quantitative estimate of drug-likeness (QED) is 0.495. The van der Waals surface area contributed by atoms with Gasteiger partial charge in [-0.3, -0.25) is 5.41 Å². The molecular weight excluding hydrogens is 204 g/mol. The molecular formula is C11H22N4O. The lowest BCUT2D eigenvalue weighted by molar-refractivity contribution is 0.169. The van der Waals surface area contributed by atoms with Crippen molar-refractivity contribution < 1.29 is 4.79 Å². The van der Waals surface area contributed by atoms with Crippen LogP contribution in [0.4, 0.5) is 4.79 Å². The maximum absolute atomic E-state index is 11.8. The normalized spacial score (nSPS) is 22.6. The molecule has 1 saturated heterocycles. The maximum atomic E-state index is 11.8. The van der Waals surface area contributed by atoms with E-state index < -0.39 is 0 Å². The Morgan fingerprint density at radius 3 is 2.94 bits per heavy atom. The van der Waals surface area contributed by atoms with E-state index in [2.05, 4.69) is 12.2 Å². The smallest absolute Gasteiger partial charge is 0.317 e. The van der Waals surface area contributed by atoms with E-state index in [4.69, 9.17) is 11.1 Å². The lowest BCUT2D eigenvalue weighted by Gasteiger charge is -2.31. The van der Waals surface area contributed by atoms with Crippen LogP contribution in [-0.2, 0) is 0 Å². The molecule has 0 aromatic rings. The molecule has 0 spiro atoms. The molecule has 0 bridgehead atoms. The number of carbonyl (C=O) groups excluding carboxylic acids is 1. The predicted molar refractivity (Wildman–Crippen MR) is 64.4 cm³/mol. The minimum atomic E-state index is -0.0915. The van der Waals surface area contributed by atoms with Crippen LogP contribution in [0.5, 0.6) is 0 Å². The van der Waals surface area contributed by atoms with Gasteiger partial charge in [-0.1, -0.05) is 13.8 Å². The second-order valence-electron chi connectivity index (χ2n) is 4.74. The summed E-state index contributed by atoms with van der Waals surface area (Å²) in [6, 6.07) is -0.0281. The molecule has 5 heteroatoms. The van der Waals surface area contributed by atoms with Crippen LogP contribution >= 0.6 is 0 Å². The molecule has 92 valence electrons. The number of nitrogens with one attached hydrogen (secondary N) is 2. The van der Waals surface area contributed by atoms with E-state index in [1.54, 1.807) is 0 Å². The topological polar surface area (TPSA) is 82.2 Å². The van der Waals surface area contributed by atoms with Crippen LogP contribution in [0.3, 0.4) is 0 Å². The minimum Gasteiger partial charge on any atom is -0.387 e. The third-order valence-electron chi connectivity index (χ3n) is 3.03. The molecule has 4 N–H and O–H groups in total. The van der Waals surface area contributed by atoms with Gasteiger partial charge in [0.05, 0.1) is 5.84 Å². The van der Waals surface area contributed by atoms with Crippen molar-refractivity contribution in [1.29, 1.82) is 5.41 Å². The number of carbonyl (C=O) groups is 1. The summed E-state index contributed by atoms with van der Waals surface area (Å²) >= 11 is 0. The Labute approximate surface area is 96.9 Å². The highest BCUT2D eigenvalue weighted by molar-refractivity contribution is 5.80. The second-order valence-corrected chi connectivity index (χ2v) is 4.74. The molecule has 0 aliphatic carbocycles. The van der Waals surface area contributed by atoms with Gasteiger partial charge in [0.2, 0.25) is 0 Å². The van der Waals surface area contributed by atoms with Gasteiger partial charge in [-0.15, -0.1) is 0 Å². The highest BCUT2D eigenvalue weighted by Crippen LogP contribution is 2.15. The maximum Gasteiger partial charge on any atom is 0.317 e. The third-order valence-corrected chi connectivity index (χ3v) is 3.03. The van der Waals surface area contributed by atoms with E-state index in [1.807, 2.05) is 11.8 Å². The Hall–Kier alpha value is -1.26. The van der Waals surface area contributed by atoms with Gasteiger partial charge in [0.25, 0.3) is 0 Å². The lowest BCUT2D eigenvalue weighted by Crippen LogP contribution is -2.46. The van der Waals surface area contributed by atoms with Crippen LogP contribution in [0.25, 0.3) is 0 Å². The monoisotopic (exact) mass is 226 g/mol. The van der Waals surface area contributed by atoms with Crippen LogP contribution in [0.2, 0.25) is 0 Å². The Morgan fingerprint density at radius 2 is 2.38 bits per heavy atom. The molecule has 1 aliphatic heterocycles. The first kappa shape index (κ1) is 12.8. The molecule has 1 fully saturated rings. The molecule has 0 radical (unpaired) electrons. The number of nitrogens with zero attached hydrogens (tertiary/aromatic N) is 1. The van der Waals surface area contributed by atoms with Crippen molar-refractivity contribution in [3.63, 3.8) is 0 Å². The number of likely N-dealkylation sites (tertiary alicyclic amines) is 1. The predicted octanol–water partition coefficient (Wildman–Crippen LogP) is 1.000. The lowest BCUT2D eigenvalue weighted by atomic mass is 10.0. The number of rotatable bonds is 3. The standard InChI is InChI=1S/C11H22N4O/c1-8-4-3-5-15(7-8)11(16)14-6-9(2)10(12)13/h8-9H,3-7H2,1-2H3,(H3,12,13)(H,14,16). The van der Waals surface area contributed by atoms with Gasteiger partial charge in [0, 0.05) is 25.6 Å². The number of piperidine rings is 1. The van der Waals surface area contributed by atoms with E-state index in [0.29, 0.717) is 12.5 Å². The van der Waals surface area contributed by atoms with Crippen LogP contribution in [0, 0.1) is 17.2 Å². The van der Waals surface area contributed by atoms with Crippen LogP contribution in [0.15, 0.2) is 0 Å². The van der Waals surface area contributed by atoms with Crippen molar-refractivity contribution in [3.8, 4) is 0 Å². The third kappa shape index (κ3) is 3.72. The zero-order valence-electron chi connectivity index (χ0n) is 10.1. The largest absolute Gasteiger partial charge is 0.387 e. The molecule has 1 rings (SSSR count). The molecule has 0 saturated carbocycles. The highest BCUT2D eigenvalue weighted by atomic mass is 16.2. The van der Waals surface area contributed by atoms with Gasteiger partial charge in [-0.25, -0.2) is 4.79 Å². The van der Waals surface area contributed by atoms with Gasteiger partial charge in [0.1, 0.15) is 0 Å². The van der Waals surface area contributed by atoms with Crippen molar-refractivity contribution in [2.24, 2.45) is 17.6 Å². The van der Waals surface area contributed by atoms with Crippen molar-refractivity contribution in [3.05, 3.63) is 0 Å². The zero-order valence-corrected chi connectivity index (χ0v) is 10.1. The first-order valence-corrected chi connectivity index (χ1v) is 5.87. The highest BCUT2D eigenvalue weighted by Gasteiger charge is 2.20. The van der Waals surface area contributed by atoms with E-state index in [0.717, 1.165) is 19.5 Å². The number of urea groups is 1. The zero-order chi connectivity index (χ0) is 12.1. The summed E-state index contributed by atoms with van der Waals surface area (Å²) in [5, 5.41) is 10.1. The summed E-state index contributed by atoms with van der Waals surface area (Å²) < 4.78 is 0. The molecule has 1 aliphatic rings. The number of hydrogen-bond donors (Lipinski definition) is 3. The molecule has 2 atom stereocenters. The van der Waals surface area contributed by atoms with Crippen molar-refractivity contribution in [2.75, 3.05) is 19.6 Å². The van der Waals surface area contributed by atoms with Crippen LogP contribution < -0.4 is 11.1 Å². The summed E-state index contributed by atoms with van der Waals surface area (Å²) in [5.41, 5.74) is 5.34. The number of hydrogen-bond acceptors (Lipinski definition) is 2. The van der Waals surface area contributed by atoms with Crippen LogP contribution in [-0.4, -0.2) is 36.4 Å². The van der Waals surface area contributed by atoms with E-state index in [-0.39, 0.29) is 17.8 Å². The first-order chi connectivity index (χ1) is 7.50. The fraction of sp³-hybridized carbons (Fsp3) is 0.818. The molecule has 0 aromatic carbocycles. The van der Waals surface area contributed by atoms with Gasteiger partial charge in [-0.05, 0) is 18.8 Å². The average Bonchev–Trinajstić information content (AvgIpc) is 2.25. The average molecular weight is 226 g/mol. The van der Waals surface area contributed by atoms with Gasteiger partial charge in [0.15, 0.2) is 0 Å². The first-order valence-electron chi connectivity index (χ1n) is 5.87. The second kappa shape index (κ2) is 5.72. The molecule has 5 nitrogen and oxygen atoms in total. The summed E-state index contributed by atoms with van der Waals surface area (Å²) in [6.07, 6.45) is 2.28. The molecule has 1 heterocycles. The summed E-state index contributed by atoms with van der Waals surface area (Å²) in [5.74, 6) is 0.614. The number of nitrogens with two attached hydrogens (primary N) is 1. The molecule has 2 unspecified atom stereocenters. The van der Waals surface area contributed by atoms with Gasteiger partial charge < -0.3 is 16.0 Å². The van der Waals surface area contributed by atoms with Crippen molar-refractivity contribution in [1.82, 2.24) is 10.2 Å². The molecule has 2 amide bonds. The SMILES string of the molecule is CC1CCCN(C(=O)NCC(C)C(=N)N)C1. The Morgan fingerprint density at radius 1 is 1.69 bits per heavy atom. The van der Waals surface area contributed by atoms with Crippen molar-refractivity contribution >= 4 is 11.9 Å². The van der Waals surface area contributed by atoms with Crippen molar-refractivity contribution in [2.45, 2.75) is 26.7 Å². The number of amidine groups is 1. The summed E-state index contributed by atoms with van der Waals surface area (Å²) in [4.78, 5) is 13.6. The Bertz CT molecular complexity index is 267. The Balaban J connectivity index is 2.31. The van der Waals surface area contributed by atoms with E-state index >= 15 is 0 Å². The van der Waals surface area contributed by atoms with Gasteiger partial charge >= 0.3 is 6.03 Å².